The van der Waals surface area contributed by atoms with Crippen LogP contribution in [0.25, 0.3) is 11.5 Å². The van der Waals surface area contributed by atoms with Gasteiger partial charge in [0.05, 0.1) is 29.4 Å². The molecule has 2 aromatic heterocycles. The third-order valence-electron chi connectivity index (χ3n) is 6.90. The molecule has 0 unspecified atom stereocenters. The number of aliphatic hydroxyl groups is 1. The highest BCUT2D eigenvalue weighted by Crippen LogP contribution is 2.37. The number of sulfonamides is 1. The van der Waals surface area contributed by atoms with Crippen molar-refractivity contribution < 1.29 is 22.7 Å². The number of rotatable bonds is 7. The maximum Gasteiger partial charge on any atom is 0.245 e. The van der Waals surface area contributed by atoms with E-state index in [1.807, 2.05) is 6.92 Å². The molecule has 0 bridgehead atoms. The van der Waals surface area contributed by atoms with Crippen LogP contribution in [0.5, 0.6) is 0 Å². The quantitative estimate of drug-likeness (QED) is 0.477. The SMILES string of the molecule is C[C@H]1CN(S(=O)(=O)C=CC(=O)NC2(CO)CCCC2)CC[C@H]1c1[nH]c(-c2ccc(F)cn2)nc1Cl. The summed E-state index contributed by atoms with van der Waals surface area (Å²) in [5.74, 6) is -0.701. The second-order valence-electron chi connectivity index (χ2n) is 9.36. The van der Waals surface area contributed by atoms with Crippen molar-refractivity contribution in [1.29, 1.82) is 0 Å². The molecule has 9 nitrogen and oxygen atoms in total. The predicted molar refractivity (Wildman–Crippen MR) is 129 cm³/mol. The van der Waals surface area contributed by atoms with Gasteiger partial charge in [-0.05, 0) is 37.3 Å². The minimum Gasteiger partial charge on any atom is -0.394 e. The van der Waals surface area contributed by atoms with Crippen LogP contribution in [0.1, 0.15) is 50.6 Å². The van der Waals surface area contributed by atoms with Crippen molar-refractivity contribution in [3.8, 4) is 11.5 Å². The minimum atomic E-state index is -3.80. The summed E-state index contributed by atoms with van der Waals surface area (Å²) in [4.78, 5) is 23.8. The highest BCUT2D eigenvalue weighted by atomic mass is 35.5. The van der Waals surface area contributed by atoms with Crippen LogP contribution in [-0.2, 0) is 14.8 Å². The van der Waals surface area contributed by atoms with Gasteiger partial charge in [-0.25, -0.2) is 22.8 Å². The molecular weight excluding hydrogens is 497 g/mol. The summed E-state index contributed by atoms with van der Waals surface area (Å²) >= 11 is 6.38. The van der Waals surface area contributed by atoms with Crippen molar-refractivity contribution in [3.05, 3.63) is 46.5 Å². The van der Waals surface area contributed by atoms with Crippen molar-refractivity contribution >= 4 is 27.5 Å². The van der Waals surface area contributed by atoms with Gasteiger partial charge in [0.15, 0.2) is 11.0 Å². The fraction of sp³-hybridized carbons (Fsp3) is 0.522. The van der Waals surface area contributed by atoms with Gasteiger partial charge >= 0.3 is 0 Å². The number of aromatic nitrogens is 3. The zero-order valence-electron chi connectivity index (χ0n) is 19.4. The van der Waals surface area contributed by atoms with E-state index >= 15 is 0 Å². The summed E-state index contributed by atoms with van der Waals surface area (Å²) in [6, 6.07) is 2.79. The lowest BCUT2D eigenvalue weighted by Crippen LogP contribution is -2.48. The molecule has 1 saturated heterocycles. The van der Waals surface area contributed by atoms with Crippen molar-refractivity contribution in [2.75, 3.05) is 19.7 Å². The fourth-order valence-electron chi connectivity index (χ4n) is 4.93. The van der Waals surface area contributed by atoms with Gasteiger partial charge < -0.3 is 15.4 Å². The number of nitrogens with zero attached hydrogens (tertiary/aromatic N) is 3. The van der Waals surface area contributed by atoms with Crippen LogP contribution in [0.3, 0.4) is 0 Å². The van der Waals surface area contributed by atoms with Gasteiger partial charge in [0.1, 0.15) is 11.5 Å². The number of hydrogen-bond donors (Lipinski definition) is 3. The summed E-state index contributed by atoms with van der Waals surface area (Å²) in [5.41, 5.74) is 0.485. The zero-order chi connectivity index (χ0) is 25.2. The van der Waals surface area contributed by atoms with Crippen LogP contribution in [0, 0.1) is 11.7 Å². The average Bonchev–Trinajstić information content (AvgIpc) is 3.45. The summed E-state index contributed by atoms with van der Waals surface area (Å²) in [6.45, 7) is 2.27. The normalized spacial score (nSPS) is 23.1. The van der Waals surface area contributed by atoms with Crippen LogP contribution in [-0.4, -0.2) is 63.9 Å². The molecule has 1 amide bonds. The molecule has 12 heteroatoms. The molecule has 35 heavy (non-hydrogen) atoms. The first-order valence-electron chi connectivity index (χ1n) is 11.6. The molecular formula is C23H29ClFN5O4S. The van der Waals surface area contributed by atoms with Gasteiger partial charge in [-0.3, -0.25) is 4.79 Å². The summed E-state index contributed by atoms with van der Waals surface area (Å²) < 4.78 is 40.3. The molecule has 3 N–H and O–H groups in total. The van der Waals surface area contributed by atoms with Gasteiger partial charge in [-0.15, -0.1) is 0 Å². The van der Waals surface area contributed by atoms with Gasteiger partial charge in [-0.2, -0.15) is 4.31 Å². The van der Waals surface area contributed by atoms with E-state index in [0.717, 1.165) is 30.5 Å². The second-order valence-corrected chi connectivity index (χ2v) is 11.5. The number of hydrogen-bond acceptors (Lipinski definition) is 6. The fourth-order valence-corrected chi connectivity index (χ4v) is 6.47. The predicted octanol–water partition coefficient (Wildman–Crippen LogP) is 2.95. The van der Waals surface area contributed by atoms with Crippen LogP contribution in [0.2, 0.25) is 5.15 Å². The largest absolute Gasteiger partial charge is 0.394 e. The van der Waals surface area contributed by atoms with Gasteiger partial charge in [0.25, 0.3) is 0 Å². The van der Waals surface area contributed by atoms with E-state index in [4.69, 9.17) is 11.6 Å². The molecule has 2 aliphatic rings. The molecule has 1 aliphatic heterocycles. The molecule has 2 fully saturated rings. The summed E-state index contributed by atoms with van der Waals surface area (Å²) in [5, 5.41) is 13.6. The number of aliphatic hydroxyl groups excluding tert-OH is 1. The summed E-state index contributed by atoms with van der Waals surface area (Å²) in [6.07, 6.45) is 5.81. The van der Waals surface area contributed by atoms with E-state index in [-0.39, 0.29) is 36.7 Å². The van der Waals surface area contributed by atoms with Crippen molar-refractivity contribution in [1.82, 2.24) is 24.6 Å². The Balaban J connectivity index is 1.40. The number of imidazole rings is 1. The van der Waals surface area contributed by atoms with Gasteiger partial charge in [-0.1, -0.05) is 31.4 Å². The third-order valence-corrected chi connectivity index (χ3v) is 8.72. The molecule has 1 saturated carbocycles. The highest BCUT2D eigenvalue weighted by Gasteiger charge is 2.36. The first kappa shape index (κ1) is 25.7. The highest BCUT2D eigenvalue weighted by molar-refractivity contribution is 7.92. The lowest BCUT2D eigenvalue weighted by molar-refractivity contribution is -0.118. The van der Waals surface area contributed by atoms with Crippen LogP contribution in [0.15, 0.2) is 29.8 Å². The number of nitrogens with one attached hydrogen (secondary N) is 2. The topological polar surface area (TPSA) is 128 Å². The molecule has 0 radical (unpaired) electrons. The molecule has 1 aliphatic carbocycles. The number of halogens is 2. The van der Waals surface area contributed by atoms with E-state index < -0.39 is 27.3 Å². The molecule has 2 aromatic rings. The van der Waals surface area contributed by atoms with Crippen LogP contribution < -0.4 is 5.32 Å². The van der Waals surface area contributed by atoms with Crippen LogP contribution in [0.4, 0.5) is 4.39 Å². The Hall–Kier alpha value is -2.34. The van der Waals surface area contributed by atoms with Gasteiger partial charge in [0, 0.05) is 25.1 Å². The van der Waals surface area contributed by atoms with E-state index in [9.17, 15) is 22.7 Å². The number of carbonyl (C=O) groups excluding carboxylic acids is 1. The molecule has 190 valence electrons. The Morgan fingerprint density at radius 1 is 1.40 bits per heavy atom. The standard InChI is InChI=1S/C23H29ClFN5O4S/c1-15-13-30(35(33,34)11-7-19(32)29-23(14-31)8-2-3-9-23)10-6-17(15)20-21(24)28-22(27-20)18-5-4-16(25)12-26-18/h4-5,7,11-12,15,17,31H,2-3,6,8-10,13-14H2,1H3,(H,27,28)(H,29,32)/t15-,17+/m0/s1. The Labute approximate surface area is 208 Å². The number of amides is 1. The first-order chi connectivity index (χ1) is 16.6. The van der Waals surface area contributed by atoms with E-state index in [2.05, 4.69) is 20.3 Å². The number of aromatic amines is 1. The monoisotopic (exact) mass is 525 g/mol. The van der Waals surface area contributed by atoms with Crippen molar-refractivity contribution in [2.45, 2.75) is 50.5 Å². The summed E-state index contributed by atoms with van der Waals surface area (Å²) in [7, 11) is -3.80. The van der Waals surface area contributed by atoms with Crippen LogP contribution >= 0.6 is 11.6 Å². The Morgan fingerprint density at radius 3 is 2.77 bits per heavy atom. The van der Waals surface area contributed by atoms with Crippen molar-refractivity contribution in [3.63, 3.8) is 0 Å². The maximum absolute atomic E-state index is 13.2. The third kappa shape index (κ3) is 5.74. The molecule has 4 rings (SSSR count). The molecule has 0 aromatic carbocycles. The van der Waals surface area contributed by atoms with E-state index in [1.165, 1.54) is 16.4 Å². The number of carbonyl (C=O) groups is 1. The average molecular weight is 526 g/mol. The Kier molecular flexibility index (Phi) is 7.60. The molecule has 2 atom stereocenters. The first-order valence-corrected chi connectivity index (χ1v) is 13.5. The molecule has 0 spiro atoms. The lowest BCUT2D eigenvalue weighted by atomic mass is 9.86. The van der Waals surface area contributed by atoms with Gasteiger partial charge in [0.2, 0.25) is 15.9 Å². The second kappa shape index (κ2) is 10.3. The smallest absolute Gasteiger partial charge is 0.245 e. The number of piperidine rings is 1. The number of pyridine rings is 1. The Morgan fingerprint density at radius 2 is 2.14 bits per heavy atom. The molecule has 3 heterocycles. The Bertz CT molecular complexity index is 1190. The number of H-pyrrole nitrogens is 1. The minimum absolute atomic E-state index is 0.0605. The lowest BCUT2D eigenvalue weighted by Gasteiger charge is -2.35. The van der Waals surface area contributed by atoms with E-state index in [1.54, 1.807) is 0 Å². The van der Waals surface area contributed by atoms with E-state index in [0.29, 0.717) is 36.5 Å². The van der Waals surface area contributed by atoms with Crippen molar-refractivity contribution in [2.24, 2.45) is 5.92 Å². The zero-order valence-corrected chi connectivity index (χ0v) is 20.9. The maximum atomic E-state index is 13.2.